The number of carbonyl (C=O) groups excluding carboxylic acids is 2. The van der Waals surface area contributed by atoms with Crippen LogP contribution in [0, 0.1) is 6.92 Å². The van der Waals surface area contributed by atoms with Crippen LogP contribution in [-0.4, -0.2) is 44.8 Å². The van der Waals surface area contributed by atoms with Gasteiger partial charge in [0.2, 0.25) is 11.8 Å². The number of benzene rings is 4. The number of sulfonamides is 1. The van der Waals surface area contributed by atoms with Crippen LogP contribution in [0.15, 0.2) is 114 Å². The van der Waals surface area contributed by atoms with E-state index in [9.17, 15) is 18.0 Å². The van der Waals surface area contributed by atoms with E-state index in [1.807, 2.05) is 80.6 Å². The van der Waals surface area contributed by atoms with Gasteiger partial charge in [0, 0.05) is 20.0 Å². The zero-order chi connectivity index (χ0) is 30.1. The summed E-state index contributed by atoms with van der Waals surface area (Å²) in [6, 6.07) is 31.6. The maximum absolute atomic E-state index is 14.3. The van der Waals surface area contributed by atoms with Gasteiger partial charge < -0.3 is 10.2 Å². The minimum atomic E-state index is -4.11. The molecule has 1 N–H and O–H groups in total. The zero-order valence-electron chi connectivity index (χ0n) is 24.2. The van der Waals surface area contributed by atoms with Crippen molar-refractivity contribution in [3.63, 3.8) is 0 Å². The van der Waals surface area contributed by atoms with Crippen LogP contribution in [0.5, 0.6) is 0 Å². The molecule has 0 spiro atoms. The standard InChI is InChI=1S/C34H37N3O4S/c1-4-27-19-21-30(22-20-27)37(42(40,41)31-13-9-6-10-14-31)25-33(38)36(24-29-17-15-26(2)16-18-29)32(34(39)35-3)23-28-11-7-5-8-12-28/h5-22,32H,4,23-25H2,1-3H3,(H,35,39). The zero-order valence-corrected chi connectivity index (χ0v) is 25.1. The summed E-state index contributed by atoms with van der Waals surface area (Å²) in [6.45, 7) is 3.66. The number of nitrogens with one attached hydrogen (secondary N) is 1. The van der Waals surface area contributed by atoms with E-state index in [0.29, 0.717) is 5.69 Å². The Hall–Kier alpha value is -4.43. The van der Waals surface area contributed by atoms with Gasteiger partial charge in [-0.2, -0.15) is 0 Å². The average Bonchev–Trinajstić information content (AvgIpc) is 3.03. The SMILES string of the molecule is CCc1ccc(N(CC(=O)N(Cc2ccc(C)cc2)C(Cc2ccccc2)C(=O)NC)S(=O)(=O)c2ccccc2)cc1. The first-order valence-electron chi connectivity index (χ1n) is 14.0. The largest absolute Gasteiger partial charge is 0.357 e. The fourth-order valence-corrected chi connectivity index (χ4v) is 6.19. The molecule has 0 saturated heterocycles. The van der Waals surface area contributed by atoms with Gasteiger partial charge >= 0.3 is 0 Å². The molecule has 0 radical (unpaired) electrons. The van der Waals surface area contributed by atoms with Crippen LogP contribution in [0.4, 0.5) is 5.69 Å². The van der Waals surface area contributed by atoms with Gasteiger partial charge in [-0.05, 0) is 54.3 Å². The number of carbonyl (C=O) groups is 2. The molecular weight excluding hydrogens is 546 g/mol. The van der Waals surface area contributed by atoms with Crippen molar-refractivity contribution < 1.29 is 18.0 Å². The molecule has 42 heavy (non-hydrogen) atoms. The van der Waals surface area contributed by atoms with Crippen molar-refractivity contribution in [1.82, 2.24) is 10.2 Å². The Morgan fingerprint density at radius 2 is 1.33 bits per heavy atom. The van der Waals surface area contributed by atoms with Gasteiger partial charge in [-0.25, -0.2) is 8.42 Å². The van der Waals surface area contributed by atoms with Crippen molar-refractivity contribution in [1.29, 1.82) is 0 Å². The first kappa shape index (κ1) is 30.5. The van der Waals surface area contributed by atoms with Crippen molar-refractivity contribution in [2.75, 3.05) is 17.9 Å². The van der Waals surface area contributed by atoms with Crippen molar-refractivity contribution in [3.8, 4) is 0 Å². The number of amides is 2. The second-order valence-corrected chi connectivity index (χ2v) is 12.0. The number of likely N-dealkylation sites (N-methyl/N-ethyl adjacent to an activating group) is 1. The molecule has 4 aromatic carbocycles. The predicted molar refractivity (Wildman–Crippen MR) is 167 cm³/mol. The minimum absolute atomic E-state index is 0.0783. The van der Waals surface area contributed by atoms with Crippen LogP contribution in [0.1, 0.15) is 29.2 Å². The Morgan fingerprint density at radius 3 is 1.90 bits per heavy atom. The quantitative estimate of drug-likeness (QED) is 0.250. The summed E-state index contributed by atoms with van der Waals surface area (Å²) in [5.41, 5.74) is 4.21. The van der Waals surface area contributed by atoms with E-state index < -0.39 is 28.5 Å². The molecule has 8 heteroatoms. The van der Waals surface area contributed by atoms with Gasteiger partial charge in [0.1, 0.15) is 12.6 Å². The monoisotopic (exact) mass is 583 g/mol. The Bertz CT molecular complexity index is 1570. The molecule has 218 valence electrons. The Kier molecular flexibility index (Phi) is 10.1. The normalized spacial score (nSPS) is 11.9. The maximum atomic E-state index is 14.3. The van der Waals surface area contributed by atoms with E-state index in [-0.39, 0.29) is 23.8 Å². The average molecular weight is 584 g/mol. The smallest absolute Gasteiger partial charge is 0.264 e. The van der Waals surface area contributed by atoms with Gasteiger partial charge in [0.05, 0.1) is 10.6 Å². The molecule has 0 aromatic heterocycles. The highest BCUT2D eigenvalue weighted by Crippen LogP contribution is 2.25. The van der Waals surface area contributed by atoms with Crippen molar-refractivity contribution >= 4 is 27.5 Å². The summed E-state index contributed by atoms with van der Waals surface area (Å²) in [7, 11) is -2.57. The molecule has 0 aliphatic carbocycles. The number of rotatable bonds is 12. The van der Waals surface area contributed by atoms with E-state index >= 15 is 0 Å². The van der Waals surface area contributed by atoms with Gasteiger partial charge in [-0.1, -0.05) is 97.4 Å². The van der Waals surface area contributed by atoms with Gasteiger partial charge in [0.25, 0.3) is 10.0 Å². The fourth-order valence-electron chi connectivity index (χ4n) is 4.76. The number of nitrogens with zero attached hydrogens (tertiary/aromatic N) is 2. The molecule has 7 nitrogen and oxygen atoms in total. The van der Waals surface area contributed by atoms with Crippen molar-refractivity contribution in [3.05, 3.63) is 131 Å². The molecule has 0 aliphatic heterocycles. The molecule has 2 amide bonds. The minimum Gasteiger partial charge on any atom is -0.357 e. The summed E-state index contributed by atoms with van der Waals surface area (Å²) in [5.74, 6) is -0.816. The van der Waals surface area contributed by atoms with E-state index in [4.69, 9.17) is 0 Å². The lowest BCUT2D eigenvalue weighted by Crippen LogP contribution is -2.53. The molecule has 1 unspecified atom stereocenters. The van der Waals surface area contributed by atoms with E-state index in [0.717, 1.165) is 33.0 Å². The third kappa shape index (κ3) is 7.44. The first-order chi connectivity index (χ1) is 20.2. The van der Waals surface area contributed by atoms with Crippen LogP contribution >= 0.6 is 0 Å². The van der Waals surface area contributed by atoms with Crippen LogP contribution in [0.2, 0.25) is 0 Å². The Balaban J connectivity index is 1.77. The Labute approximate surface area is 248 Å². The summed E-state index contributed by atoms with van der Waals surface area (Å²) in [4.78, 5) is 29.2. The number of aryl methyl sites for hydroxylation is 2. The highest BCUT2D eigenvalue weighted by Gasteiger charge is 2.34. The van der Waals surface area contributed by atoms with Gasteiger partial charge in [-0.3, -0.25) is 13.9 Å². The molecule has 0 bridgehead atoms. The molecule has 0 saturated carbocycles. The molecule has 0 fully saturated rings. The van der Waals surface area contributed by atoms with Crippen LogP contribution in [0.25, 0.3) is 0 Å². The number of hydrogen-bond donors (Lipinski definition) is 1. The molecule has 4 aromatic rings. The predicted octanol–water partition coefficient (Wildman–Crippen LogP) is 5.14. The highest BCUT2D eigenvalue weighted by atomic mass is 32.2. The van der Waals surface area contributed by atoms with Crippen molar-refractivity contribution in [2.24, 2.45) is 0 Å². The lowest BCUT2D eigenvalue weighted by atomic mass is 10.0. The molecule has 0 aliphatic rings. The highest BCUT2D eigenvalue weighted by molar-refractivity contribution is 7.92. The lowest BCUT2D eigenvalue weighted by molar-refractivity contribution is -0.139. The Morgan fingerprint density at radius 1 is 0.762 bits per heavy atom. The van der Waals surface area contributed by atoms with Crippen LogP contribution in [0.3, 0.4) is 0 Å². The van der Waals surface area contributed by atoms with Crippen LogP contribution in [-0.2, 0) is 39.0 Å². The summed E-state index contributed by atoms with van der Waals surface area (Å²) in [5, 5.41) is 2.70. The summed E-state index contributed by atoms with van der Waals surface area (Å²) < 4.78 is 29.1. The van der Waals surface area contributed by atoms with E-state index in [1.165, 1.54) is 24.1 Å². The summed E-state index contributed by atoms with van der Waals surface area (Å²) in [6.07, 6.45) is 1.07. The molecular formula is C34H37N3O4S. The second kappa shape index (κ2) is 14.0. The first-order valence-corrected chi connectivity index (χ1v) is 15.4. The lowest BCUT2D eigenvalue weighted by Gasteiger charge is -2.33. The third-order valence-electron chi connectivity index (χ3n) is 7.23. The topological polar surface area (TPSA) is 86.8 Å². The van der Waals surface area contributed by atoms with Gasteiger partial charge in [-0.15, -0.1) is 0 Å². The number of hydrogen-bond acceptors (Lipinski definition) is 4. The fraction of sp³-hybridized carbons (Fsp3) is 0.235. The molecule has 1 atom stereocenters. The number of anilines is 1. The maximum Gasteiger partial charge on any atom is 0.264 e. The molecule has 0 heterocycles. The summed E-state index contributed by atoms with van der Waals surface area (Å²) >= 11 is 0. The van der Waals surface area contributed by atoms with E-state index in [2.05, 4.69) is 5.32 Å². The molecule has 4 rings (SSSR count). The third-order valence-corrected chi connectivity index (χ3v) is 9.02. The van der Waals surface area contributed by atoms with E-state index in [1.54, 1.807) is 30.3 Å². The van der Waals surface area contributed by atoms with Crippen molar-refractivity contribution in [2.45, 2.75) is 44.2 Å². The van der Waals surface area contributed by atoms with Gasteiger partial charge in [0.15, 0.2) is 0 Å². The second-order valence-electron chi connectivity index (χ2n) is 10.2. The van der Waals surface area contributed by atoms with Crippen LogP contribution < -0.4 is 9.62 Å².